The molecule has 1 unspecified atom stereocenters. The molecule has 0 aromatic heterocycles. The molecule has 1 atom stereocenters. The third-order valence-corrected chi connectivity index (χ3v) is 4.55. The Hall–Kier alpha value is -0.820. The van der Waals surface area contributed by atoms with Crippen molar-refractivity contribution in [2.75, 3.05) is 6.54 Å². The average Bonchev–Trinajstić information content (AvgIpc) is 2.33. The first-order valence-corrected chi connectivity index (χ1v) is 8.15. The number of hydrogen-bond donors (Lipinski definition) is 2. The highest BCUT2D eigenvalue weighted by atomic mass is 35.5. The van der Waals surface area contributed by atoms with Crippen molar-refractivity contribution < 1.29 is 18.3 Å². The van der Waals surface area contributed by atoms with E-state index in [1.165, 1.54) is 18.2 Å². The van der Waals surface area contributed by atoms with Crippen molar-refractivity contribution in [1.29, 1.82) is 0 Å². The summed E-state index contributed by atoms with van der Waals surface area (Å²) < 4.78 is 26.3. The quantitative estimate of drug-likeness (QED) is 0.748. The summed E-state index contributed by atoms with van der Waals surface area (Å²) in [4.78, 5) is 10.6. The van der Waals surface area contributed by atoms with E-state index in [-0.39, 0.29) is 21.5 Å². The Morgan fingerprint density at radius 2 is 1.85 bits per heavy atom. The number of carbonyl (C=O) groups is 1. The molecule has 0 heterocycles. The highest BCUT2D eigenvalue weighted by Crippen LogP contribution is 2.22. The van der Waals surface area contributed by atoms with E-state index in [9.17, 15) is 13.2 Å². The van der Waals surface area contributed by atoms with Gasteiger partial charge < -0.3 is 5.11 Å². The molecule has 1 aromatic rings. The Bertz CT molecular complexity index is 569. The lowest BCUT2D eigenvalue weighted by Gasteiger charge is -2.09. The summed E-state index contributed by atoms with van der Waals surface area (Å²) in [5.74, 6) is -1.39. The lowest BCUT2D eigenvalue weighted by Crippen LogP contribution is -2.25. The van der Waals surface area contributed by atoms with Gasteiger partial charge in [0.15, 0.2) is 0 Å². The van der Waals surface area contributed by atoms with E-state index < -0.39 is 21.9 Å². The molecule has 0 fully saturated rings. The highest BCUT2D eigenvalue weighted by molar-refractivity contribution is 7.89. The van der Waals surface area contributed by atoms with Crippen LogP contribution in [-0.2, 0) is 14.8 Å². The molecule has 0 saturated carbocycles. The molecule has 0 aliphatic carbocycles. The zero-order valence-electron chi connectivity index (χ0n) is 10.8. The largest absolute Gasteiger partial charge is 0.481 e. The minimum Gasteiger partial charge on any atom is -0.481 e. The minimum absolute atomic E-state index is 0.0127. The predicted octanol–water partition coefficient (Wildman–Crippen LogP) is 2.77. The first-order valence-electron chi connectivity index (χ1n) is 5.91. The van der Waals surface area contributed by atoms with Crippen LogP contribution in [0.5, 0.6) is 0 Å². The average molecular weight is 340 g/mol. The number of aliphatic carboxylic acids is 1. The first kappa shape index (κ1) is 17.2. The maximum absolute atomic E-state index is 12.0. The maximum Gasteiger partial charge on any atom is 0.306 e. The lowest BCUT2D eigenvalue weighted by molar-refractivity contribution is -0.141. The minimum atomic E-state index is -3.69. The SMILES string of the molecule is CC(CCCNS(=O)(=O)c1cc(Cl)cc(Cl)c1)C(=O)O. The summed E-state index contributed by atoms with van der Waals surface area (Å²) in [6.45, 7) is 1.73. The second kappa shape index (κ2) is 7.26. The topological polar surface area (TPSA) is 83.5 Å². The summed E-state index contributed by atoms with van der Waals surface area (Å²) in [7, 11) is -3.69. The molecule has 0 amide bonds. The van der Waals surface area contributed by atoms with Crippen molar-refractivity contribution in [3.05, 3.63) is 28.2 Å². The molecule has 8 heteroatoms. The van der Waals surface area contributed by atoms with Gasteiger partial charge in [0, 0.05) is 16.6 Å². The fourth-order valence-electron chi connectivity index (χ4n) is 1.51. The van der Waals surface area contributed by atoms with Gasteiger partial charge in [-0.15, -0.1) is 0 Å². The second-order valence-electron chi connectivity index (χ2n) is 4.38. The molecule has 2 N–H and O–H groups in total. The molecule has 112 valence electrons. The monoisotopic (exact) mass is 339 g/mol. The van der Waals surface area contributed by atoms with Crippen molar-refractivity contribution in [2.45, 2.75) is 24.7 Å². The van der Waals surface area contributed by atoms with Gasteiger partial charge in [0.1, 0.15) is 0 Å². The summed E-state index contributed by atoms with van der Waals surface area (Å²) in [5.41, 5.74) is 0. The Labute approximate surface area is 127 Å². The van der Waals surface area contributed by atoms with Crippen LogP contribution in [0.15, 0.2) is 23.1 Å². The van der Waals surface area contributed by atoms with Gasteiger partial charge in [-0.1, -0.05) is 30.1 Å². The molecular weight excluding hydrogens is 325 g/mol. The summed E-state index contributed by atoms with van der Waals surface area (Å²) in [6.07, 6.45) is 0.829. The molecule has 0 spiro atoms. The van der Waals surface area contributed by atoms with Crippen molar-refractivity contribution >= 4 is 39.2 Å². The highest BCUT2D eigenvalue weighted by Gasteiger charge is 2.16. The summed E-state index contributed by atoms with van der Waals surface area (Å²) in [6, 6.07) is 4.04. The molecular formula is C12H15Cl2NO4S. The van der Waals surface area contributed by atoms with E-state index in [0.717, 1.165) is 0 Å². The van der Waals surface area contributed by atoms with Crippen molar-refractivity contribution in [2.24, 2.45) is 5.92 Å². The lowest BCUT2D eigenvalue weighted by atomic mass is 10.1. The van der Waals surface area contributed by atoms with Crippen LogP contribution in [0.2, 0.25) is 10.0 Å². The summed E-state index contributed by atoms with van der Waals surface area (Å²) >= 11 is 11.5. The standard InChI is InChI=1S/C12H15Cl2NO4S/c1-8(12(16)17)3-2-4-15-20(18,19)11-6-9(13)5-10(14)7-11/h5-8,15H,2-4H2,1H3,(H,16,17). The molecule has 1 aromatic carbocycles. The first-order chi connectivity index (χ1) is 9.22. The van der Waals surface area contributed by atoms with Gasteiger partial charge in [0.25, 0.3) is 0 Å². The van der Waals surface area contributed by atoms with Crippen LogP contribution in [0.4, 0.5) is 0 Å². The summed E-state index contributed by atoms with van der Waals surface area (Å²) in [5, 5.41) is 9.18. The molecule has 0 aliphatic rings. The number of halogens is 2. The van der Waals surface area contributed by atoms with E-state index in [2.05, 4.69) is 4.72 Å². The number of rotatable bonds is 7. The normalized spacial score (nSPS) is 13.2. The van der Waals surface area contributed by atoms with E-state index >= 15 is 0 Å². The molecule has 20 heavy (non-hydrogen) atoms. The van der Waals surface area contributed by atoms with Crippen molar-refractivity contribution in [3.63, 3.8) is 0 Å². The third kappa shape index (κ3) is 5.28. The molecule has 0 aliphatic heterocycles. The number of hydrogen-bond acceptors (Lipinski definition) is 3. The fraction of sp³-hybridized carbons (Fsp3) is 0.417. The number of carboxylic acids is 1. The molecule has 1 rings (SSSR count). The number of sulfonamides is 1. The van der Waals surface area contributed by atoms with Gasteiger partial charge in [0.2, 0.25) is 10.0 Å². The Morgan fingerprint density at radius 1 is 1.30 bits per heavy atom. The fourth-order valence-corrected chi connectivity index (χ4v) is 3.30. The third-order valence-electron chi connectivity index (χ3n) is 2.67. The van der Waals surface area contributed by atoms with Gasteiger partial charge in [-0.2, -0.15) is 0 Å². The van der Waals surface area contributed by atoms with Gasteiger partial charge in [0.05, 0.1) is 10.8 Å². The zero-order chi connectivity index (χ0) is 15.3. The Balaban J connectivity index is 2.60. The molecule has 0 saturated heterocycles. The van der Waals surface area contributed by atoms with E-state index in [4.69, 9.17) is 28.3 Å². The van der Waals surface area contributed by atoms with Crippen molar-refractivity contribution in [1.82, 2.24) is 4.72 Å². The van der Waals surface area contributed by atoms with Crippen molar-refractivity contribution in [3.8, 4) is 0 Å². The molecule has 0 bridgehead atoms. The van der Waals surface area contributed by atoms with E-state index in [1.807, 2.05) is 0 Å². The maximum atomic E-state index is 12.0. The smallest absolute Gasteiger partial charge is 0.306 e. The van der Waals surface area contributed by atoms with Gasteiger partial charge in [-0.05, 0) is 31.0 Å². The second-order valence-corrected chi connectivity index (χ2v) is 7.02. The van der Waals surface area contributed by atoms with E-state index in [1.54, 1.807) is 6.92 Å². The van der Waals surface area contributed by atoms with Crippen LogP contribution < -0.4 is 4.72 Å². The van der Waals surface area contributed by atoms with Crippen LogP contribution in [0.1, 0.15) is 19.8 Å². The van der Waals surface area contributed by atoms with Crippen LogP contribution in [-0.4, -0.2) is 26.0 Å². The Morgan fingerprint density at radius 3 is 2.35 bits per heavy atom. The van der Waals surface area contributed by atoms with Gasteiger partial charge >= 0.3 is 5.97 Å². The predicted molar refractivity (Wildman–Crippen MR) is 77.7 cm³/mol. The number of carboxylic acid groups (broad SMARTS) is 1. The Kier molecular flexibility index (Phi) is 6.26. The van der Waals surface area contributed by atoms with E-state index in [0.29, 0.717) is 12.8 Å². The van der Waals surface area contributed by atoms with Crippen LogP contribution in [0.3, 0.4) is 0 Å². The number of benzene rings is 1. The van der Waals surface area contributed by atoms with Gasteiger partial charge in [-0.25, -0.2) is 13.1 Å². The zero-order valence-corrected chi connectivity index (χ0v) is 13.1. The number of nitrogens with one attached hydrogen (secondary N) is 1. The van der Waals surface area contributed by atoms with Crippen LogP contribution in [0, 0.1) is 5.92 Å². The van der Waals surface area contributed by atoms with Crippen LogP contribution in [0.25, 0.3) is 0 Å². The molecule has 5 nitrogen and oxygen atoms in total. The van der Waals surface area contributed by atoms with Crippen LogP contribution >= 0.6 is 23.2 Å². The molecule has 0 radical (unpaired) electrons. The van der Waals surface area contributed by atoms with Gasteiger partial charge in [-0.3, -0.25) is 4.79 Å².